The fourth-order valence-corrected chi connectivity index (χ4v) is 4.08. The lowest BCUT2D eigenvalue weighted by molar-refractivity contribution is -0.384. The lowest BCUT2D eigenvalue weighted by Gasteiger charge is -2.17. The van der Waals surface area contributed by atoms with Gasteiger partial charge in [0.05, 0.1) is 10.5 Å². The number of carbonyl (C=O) groups is 2. The van der Waals surface area contributed by atoms with Gasteiger partial charge in [-0.1, -0.05) is 18.2 Å². The molecule has 3 rings (SSSR count). The maximum atomic E-state index is 12.7. The van der Waals surface area contributed by atoms with E-state index in [0.717, 1.165) is 24.3 Å². The first-order chi connectivity index (χ1) is 12.9. The molecule has 1 atom stereocenters. The van der Waals surface area contributed by atoms with Gasteiger partial charge in [-0.2, -0.15) is 0 Å². The fourth-order valence-electron chi connectivity index (χ4n) is 3.03. The number of nitrogens with zero attached hydrogens (tertiary/aromatic N) is 2. The lowest BCUT2D eigenvalue weighted by atomic mass is 10.1. The van der Waals surface area contributed by atoms with Crippen LogP contribution in [0.15, 0.2) is 53.4 Å². The fraction of sp³-hybridized carbons (Fsp3) is 0.263. The average molecular weight is 386 g/mol. The van der Waals surface area contributed by atoms with Crippen LogP contribution in [0.3, 0.4) is 0 Å². The Morgan fingerprint density at radius 2 is 1.89 bits per heavy atom. The molecule has 27 heavy (non-hydrogen) atoms. The van der Waals surface area contributed by atoms with Crippen LogP contribution >= 0.6 is 11.8 Å². The summed E-state index contributed by atoms with van der Waals surface area (Å²) in [4.78, 5) is 37.1. The van der Waals surface area contributed by atoms with E-state index in [9.17, 15) is 19.7 Å². The van der Waals surface area contributed by atoms with E-state index in [1.165, 1.54) is 11.0 Å². The van der Waals surface area contributed by atoms with Crippen molar-refractivity contribution in [3.8, 4) is 0 Å². The summed E-state index contributed by atoms with van der Waals surface area (Å²) >= 11 is 1.73. The van der Waals surface area contributed by atoms with Gasteiger partial charge in [-0.05, 0) is 30.5 Å². The Morgan fingerprint density at radius 1 is 1.19 bits per heavy atom. The number of carboxylic acid groups (broad SMARTS) is 1. The van der Waals surface area contributed by atoms with Crippen molar-refractivity contribution in [3.63, 3.8) is 0 Å². The van der Waals surface area contributed by atoms with Crippen molar-refractivity contribution in [1.29, 1.82) is 0 Å². The number of non-ortho nitro benzene ring substituents is 1. The second-order valence-corrected chi connectivity index (χ2v) is 7.45. The monoisotopic (exact) mass is 386 g/mol. The minimum Gasteiger partial charge on any atom is -0.478 e. The van der Waals surface area contributed by atoms with E-state index in [1.54, 1.807) is 16.7 Å². The van der Waals surface area contributed by atoms with Crippen LogP contribution in [-0.2, 0) is 0 Å². The van der Waals surface area contributed by atoms with E-state index in [-0.39, 0.29) is 17.0 Å². The van der Waals surface area contributed by atoms with Gasteiger partial charge in [0.1, 0.15) is 0 Å². The van der Waals surface area contributed by atoms with Gasteiger partial charge in [0.2, 0.25) is 0 Å². The number of nitro benzene ring substituents is 1. The molecule has 7 nitrogen and oxygen atoms in total. The van der Waals surface area contributed by atoms with Crippen LogP contribution in [0, 0.1) is 16.0 Å². The summed E-state index contributed by atoms with van der Waals surface area (Å²) in [5.41, 5.74) is -0.616. The van der Waals surface area contributed by atoms with Gasteiger partial charge < -0.3 is 10.0 Å². The van der Waals surface area contributed by atoms with E-state index < -0.39 is 16.6 Å². The molecule has 1 aliphatic rings. The van der Waals surface area contributed by atoms with E-state index in [4.69, 9.17) is 5.11 Å². The highest BCUT2D eigenvalue weighted by molar-refractivity contribution is 7.99. The molecule has 1 heterocycles. The normalized spacial score (nSPS) is 16.3. The summed E-state index contributed by atoms with van der Waals surface area (Å²) in [7, 11) is 0. The van der Waals surface area contributed by atoms with Crippen LogP contribution in [0.4, 0.5) is 5.69 Å². The SMILES string of the molecule is O=C(O)c1cc(C(=O)N2CCC(CSc3ccccc3)C2)cc([N+](=O)[O-])c1. The van der Waals surface area contributed by atoms with Crippen molar-refractivity contribution >= 4 is 29.3 Å². The zero-order valence-corrected chi connectivity index (χ0v) is 15.2. The first-order valence-corrected chi connectivity index (χ1v) is 9.42. The minimum atomic E-state index is -1.30. The quantitative estimate of drug-likeness (QED) is 0.463. The number of rotatable bonds is 6. The second kappa shape index (κ2) is 8.22. The molecular weight excluding hydrogens is 368 g/mol. The topological polar surface area (TPSA) is 101 Å². The largest absolute Gasteiger partial charge is 0.478 e. The van der Waals surface area contributed by atoms with Crippen molar-refractivity contribution in [2.45, 2.75) is 11.3 Å². The molecule has 2 aromatic carbocycles. The maximum Gasteiger partial charge on any atom is 0.335 e. The van der Waals surface area contributed by atoms with Gasteiger partial charge in [0.25, 0.3) is 11.6 Å². The van der Waals surface area contributed by atoms with E-state index in [2.05, 4.69) is 0 Å². The molecule has 0 saturated carbocycles. The third kappa shape index (κ3) is 4.65. The summed E-state index contributed by atoms with van der Waals surface area (Å²) in [5, 5.41) is 20.2. The van der Waals surface area contributed by atoms with Gasteiger partial charge in [-0.3, -0.25) is 14.9 Å². The van der Waals surface area contributed by atoms with Crippen LogP contribution in [0.5, 0.6) is 0 Å². The number of carboxylic acids is 1. The van der Waals surface area contributed by atoms with Crippen LogP contribution in [0.2, 0.25) is 0 Å². The van der Waals surface area contributed by atoms with Crippen LogP contribution in [0.1, 0.15) is 27.1 Å². The molecule has 1 fully saturated rings. The van der Waals surface area contributed by atoms with Crippen LogP contribution in [-0.4, -0.2) is 45.6 Å². The summed E-state index contributed by atoms with van der Waals surface area (Å²) in [5.74, 6) is -0.458. The van der Waals surface area contributed by atoms with E-state index in [0.29, 0.717) is 19.0 Å². The highest BCUT2D eigenvalue weighted by Crippen LogP contribution is 2.27. The number of carbonyl (C=O) groups excluding carboxylic acids is 1. The standard InChI is InChI=1S/C19H18N2O5S/c22-18(14-8-15(19(23)24)10-16(9-14)21(25)26)20-7-6-13(11-20)12-27-17-4-2-1-3-5-17/h1-5,8-10,13H,6-7,11-12H2,(H,23,24). The molecule has 0 bridgehead atoms. The number of nitro groups is 1. The van der Waals surface area contributed by atoms with Gasteiger partial charge in [0.15, 0.2) is 0 Å². The highest BCUT2D eigenvalue weighted by atomic mass is 32.2. The Balaban J connectivity index is 1.68. The zero-order chi connectivity index (χ0) is 19.4. The zero-order valence-electron chi connectivity index (χ0n) is 14.4. The second-order valence-electron chi connectivity index (χ2n) is 6.36. The van der Waals surface area contributed by atoms with Gasteiger partial charge >= 0.3 is 5.97 Å². The number of hydrogen-bond donors (Lipinski definition) is 1. The number of aromatic carboxylic acids is 1. The van der Waals surface area contributed by atoms with E-state index in [1.807, 2.05) is 30.3 Å². The Hall–Kier alpha value is -2.87. The number of amides is 1. The number of benzene rings is 2. The van der Waals surface area contributed by atoms with Gasteiger partial charge in [-0.25, -0.2) is 4.79 Å². The number of thioether (sulfide) groups is 1. The molecule has 1 saturated heterocycles. The molecule has 0 radical (unpaired) electrons. The third-order valence-corrected chi connectivity index (χ3v) is 5.67. The molecule has 8 heteroatoms. The average Bonchev–Trinajstić information content (AvgIpc) is 3.15. The molecule has 2 aromatic rings. The summed E-state index contributed by atoms with van der Waals surface area (Å²) in [6.45, 7) is 1.12. The third-order valence-electron chi connectivity index (χ3n) is 4.42. The highest BCUT2D eigenvalue weighted by Gasteiger charge is 2.28. The van der Waals surface area contributed by atoms with Gasteiger partial charge in [-0.15, -0.1) is 11.8 Å². The molecule has 140 valence electrons. The Bertz CT molecular complexity index is 839. The Morgan fingerprint density at radius 3 is 2.56 bits per heavy atom. The summed E-state index contributed by atoms with van der Waals surface area (Å²) < 4.78 is 0. The summed E-state index contributed by atoms with van der Waals surface area (Å²) in [6.07, 6.45) is 0.853. The number of likely N-dealkylation sites (tertiary alicyclic amines) is 1. The smallest absolute Gasteiger partial charge is 0.335 e. The number of hydrogen-bond acceptors (Lipinski definition) is 5. The van der Waals surface area contributed by atoms with Crippen molar-refractivity contribution < 1.29 is 19.6 Å². The van der Waals surface area contributed by atoms with Crippen molar-refractivity contribution in [3.05, 3.63) is 69.8 Å². The summed E-state index contributed by atoms with van der Waals surface area (Å²) in [6, 6.07) is 13.3. The van der Waals surface area contributed by atoms with Crippen LogP contribution in [0.25, 0.3) is 0 Å². The lowest BCUT2D eigenvalue weighted by Crippen LogP contribution is -2.29. The molecule has 0 aliphatic carbocycles. The molecule has 0 spiro atoms. The first kappa shape index (κ1) is 18.9. The minimum absolute atomic E-state index is 0.0398. The molecular formula is C19H18N2O5S. The molecule has 1 unspecified atom stereocenters. The van der Waals surface area contributed by atoms with Crippen molar-refractivity contribution in [2.75, 3.05) is 18.8 Å². The van der Waals surface area contributed by atoms with Crippen molar-refractivity contribution in [2.24, 2.45) is 5.92 Å². The predicted molar refractivity (Wildman–Crippen MR) is 101 cm³/mol. The van der Waals surface area contributed by atoms with Crippen LogP contribution < -0.4 is 0 Å². The predicted octanol–water partition coefficient (Wildman–Crippen LogP) is 3.55. The molecule has 1 N–H and O–H groups in total. The Kier molecular flexibility index (Phi) is 5.75. The first-order valence-electron chi connectivity index (χ1n) is 8.44. The van der Waals surface area contributed by atoms with Gasteiger partial charge in [0, 0.05) is 41.4 Å². The maximum absolute atomic E-state index is 12.7. The van der Waals surface area contributed by atoms with Crippen molar-refractivity contribution in [1.82, 2.24) is 4.90 Å². The molecule has 1 amide bonds. The Labute approximate surface area is 160 Å². The molecule has 1 aliphatic heterocycles. The van der Waals surface area contributed by atoms with E-state index >= 15 is 0 Å². The molecule has 0 aromatic heterocycles.